The molecule has 0 fully saturated rings. The number of anilines is 1. The van der Waals surface area contributed by atoms with Gasteiger partial charge in [0.25, 0.3) is 5.89 Å². The lowest BCUT2D eigenvalue weighted by Crippen LogP contribution is -2.14. The molecule has 0 saturated heterocycles. The summed E-state index contributed by atoms with van der Waals surface area (Å²) in [6.45, 7) is 1.96. The number of nitrogens with zero attached hydrogens (tertiary/aromatic N) is 2. The highest BCUT2D eigenvalue weighted by Crippen LogP contribution is 2.23. The van der Waals surface area contributed by atoms with E-state index in [2.05, 4.69) is 15.5 Å². The fourth-order valence-corrected chi connectivity index (χ4v) is 2.10. The van der Waals surface area contributed by atoms with Gasteiger partial charge in [0, 0.05) is 6.07 Å². The number of halogens is 2. The summed E-state index contributed by atoms with van der Waals surface area (Å²) in [5.74, 6) is -2.01. The molecule has 0 atom stereocenters. The summed E-state index contributed by atoms with van der Waals surface area (Å²) in [4.78, 5) is 12.0. The van der Waals surface area contributed by atoms with Crippen LogP contribution in [0.25, 0.3) is 11.5 Å². The largest absolute Gasteiger partial charge is 0.403 e. The minimum Gasteiger partial charge on any atom is -0.403 e. The minimum absolute atomic E-state index is 0.0390. The van der Waals surface area contributed by atoms with Crippen LogP contribution in [0.3, 0.4) is 0 Å². The van der Waals surface area contributed by atoms with Gasteiger partial charge < -0.3 is 4.42 Å². The van der Waals surface area contributed by atoms with Crippen LogP contribution in [0, 0.1) is 18.6 Å². The van der Waals surface area contributed by atoms with Gasteiger partial charge in [-0.2, -0.15) is 0 Å². The van der Waals surface area contributed by atoms with Crippen molar-refractivity contribution in [2.24, 2.45) is 0 Å². The Morgan fingerprint density at radius 3 is 2.58 bits per heavy atom. The van der Waals surface area contributed by atoms with Gasteiger partial charge in [-0.15, -0.1) is 5.10 Å². The number of amides is 1. The van der Waals surface area contributed by atoms with Crippen molar-refractivity contribution in [3.8, 4) is 11.5 Å². The lowest BCUT2D eigenvalue weighted by Gasteiger charge is -2.01. The molecule has 1 amide bonds. The Labute approximate surface area is 136 Å². The third-order valence-corrected chi connectivity index (χ3v) is 3.32. The Hall–Kier alpha value is -3.09. The molecular formula is C17H13F2N3O2. The van der Waals surface area contributed by atoms with Crippen LogP contribution < -0.4 is 5.32 Å². The van der Waals surface area contributed by atoms with Gasteiger partial charge in [0.2, 0.25) is 5.91 Å². The van der Waals surface area contributed by atoms with E-state index >= 15 is 0 Å². The monoisotopic (exact) mass is 329 g/mol. The van der Waals surface area contributed by atoms with Crippen molar-refractivity contribution in [2.75, 3.05) is 5.32 Å². The molecule has 5 nitrogen and oxygen atoms in total. The maximum absolute atomic E-state index is 13.7. The summed E-state index contributed by atoms with van der Waals surface area (Å²) in [5.41, 5.74) is 1.90. The second kappa shape index (κ2) is 6.57. The summed E-state index contributed by atoms with van der Waals surface area (Å²) in [6.07, 6.45) is 0.142. The maximum atomic E-state index is 13.7. The molecule has 2 aromatic carbocycles. The average molecular weight is 329 g/mol. The smallest absolute Gasteiger partial charge is 0.322 e. The van der Waals surface area contributed by atoms with Crippen LogP contribution in [-0.2, 0) is 11.2 Å². The molecule has 0 aliphatic carbocycles. The van der Waals surface area contributed by atoms with Crippen molar-refractivity contribution in [1.29, 1.82) is 0 Å². The first-order chi connectivity index (χ1) is 11.5. The molecule has 122 valence electrons. The molecule has 0 spiro atoms. The molecular weight excluding hydrogens is 316 g/mol. The average Bonchev–Trinajstić information content (AvgIpc) is 2.97. The molecule has 1 N–H and O–H groups in total. The predicted octanol–water partition coefficient (Wildman–Crippen LogP) is 3.50. The van der Waals surface area contributed by atoms with Gasteiger partial charge in [-0.1, -0.05) is 34.9 Å². The first kappa shape index (κ1) is 15.8. The number of aromatic nitrogens is 2. The normalized spacial score (nSPS) is 10.6. The molecule has 0 saturated carbocycles. The molecule has 3 aromatic rings. The van der Waals surface area contributed by atoms with Gasteiger partial charge in [-0.25, -0.2) is 8.78 Å². The van der Waals surface area contributed by atoms with Gasteiger partial charge in [0.15, 0.2) is 0 Å². The molecule has 0 radical (unpaired) electrons. The quantitative estimate of drug-likeness (QED) is 0.795. The number of hydrogen-bond donors (Lipinski definition) is 1. The van der Waals surface area contributed by atoms with E-state index in [1.54, 1.807) is 0 Å². The molecule has 7 heteroatoms. The number of hydrogen-bond acceptors (Lipinski definition) is 4. The van der Waals surface area contributed by atoms with Gasteiger partial charge >= 0.3 is 6.01 Å². The van der Waals surface area contributed by atoms with Crippen LogP contribution in [-0.4, -0.2) is 16.1 Å². The third kappa shape index (κ3) is 3.62. The van der Waals surface area contributed by atoms with E-state index < -0.39 is 11.6 Å². The second-order valence-electron chi connectivity index (χ2n) is 5.25. The third-order valence-electron chi connectivity index (χ3n) is 3.32. The lowest BCUT2D eigenvalue weighted by atomic mass is 10.1. The number of aryl methyl sites for hydroxylation is 1. The Morgan fingerprint density at radius 2 is 1.88 bits per heavy atom. The van der Waals surface area contributed by atoms with Crippen molar-refractivity contribution in [2.45, 2.75) is 13.3 Å². The number of benzene rings is 2. The van der Waals surface area contributed by atoms with Crippen molar-refractivity contribution in [3.63, 3.8) is 0 Å². The van der Waals surface area contributed by atoms with Crippen molar-refractivity contribution < 1.29 is 18.0 Å². The first-order valence-corrected chi connectivity index (χ1v) is 7.15. The highest BCUT2D eigenvalue weighted by atomic mass is 19.1. The standard InChI is InChI=1S/C17H13F2N3O2/c1-10-2-4-11(5-3-10)8-15(23)20-17-22-21-16(24-17)13-7-6-12(18)9-14(13)19/h2-7,9H,8H2,1H3,(H,20,22,23). The number of nitrogens with one attached hydrogen (secondary N) is 1. The van der Waals surface area contributed by atoms with E-state index in [4.69, 9.17) is 4.42 Å². The van der Waals surface area contributed by atoms with Gasteiger partial charge in [0.05, 0.1) is 12.0 Å². The first-order valence-electron chi connectivity index (χ1n) is 7.15. The Balaban J connectivity index is 1.69. The van der Waals surface area contributed by atoms with Crippen molar-refractivity contribution >= 4 is 11.9 Å². The zero-order valence-electron chi connectivity index (χ0n) is 12.7. The predicted molar refractivity (Wildman–Crippen MR) is 83.2 cm³/mol. The Bertz CT molecular complexity index is 876. The molecule has 0 aliphatic heterocycles. The van der Waals surface area contributed by atoms with E-state index in [0.29, 0.717) is 0 Å². The maximum Gasteiger partial charge on any atom is 0.322 e. The van der Waals surface area contributed by atoms with E-state index in [-0.39, 0.29) is 29.8 Å². The van der Waals surface area contributed by atoms with E-state index in [0.717, 1.165) is 23.3 Å². The topological polar surface area (TPSA) is 68.0 Å². The van der Waals surface area contributed by atoms with Gasteiger partial charge in [-0.05, 0) is 24.6 Å². The van der Waals surface area contributed by atoms with Crippen LogP contribution in [0.4, 0.5) is 14.8 Å². The summed E-state index contributed by atoms with van der Waals surface area (Å²) < 4.78 is 31.8. The van der Waals surface area contributed by atoms with Gasteiger partial charge in [0.1, 0.15) is 11.6 Å². The molecule has 1 aromatic heterocycles. The van der Waals surface area contributed by atoms with E-state index in [1.165, 1.54) is 6.07 Å². The van der Waals surface area contributed by atoms with Crippen molar-refractivity contribution in [1.82, 2.24) is 10.2 Å². The number of rotatable bonds is 4. The second-order valence-corrected chi connectivity index (χ2v) is 5.25. The van der Waals surface area contributed by atoms with Crippen LogP contribution in [0.15, 0.2) is 46.9 Å². The fraction of sp³-hybridized carbons (Fsp3) is 0.118. The molecule has 0 bridgehead atoms. The van der Waals surface area contributed by atoms with Crippen LogP contribution in [0.5, 0.6) is 0 Å². The summed E-state index contributed by atoms with van der Waals surface area (Å²) in [5, 5.41) is 9.75. The summed E-state index contributed by atoms with van der Waals surface area (Å²) in [7, 11) is 0. The molecule has 3 rings (SSSR count). The molecule has 0 aliphatic rings. The molecule has 1 heterocycles. The highest BCUT2D eigenvalue weighted by molar-refractivity contribution is 5.90. The van der Waals surface area contributed by atoms with E-state index in [9.17, 15) is 13.6 Å². The summed E-state index contributed by atoms with van der Waals surface area (Å²) >= 11 is 0. The number of carbonyl (C=O) groups is 1. The fourth-order valence-electron chi connectivity index (χ4n) is 2.10. The highest BCUT2D eigenvalue weighted by Gasteiger charge is 2.15. The van der Waals surface area contributed by atoms with Gasteiger partial charge in [-0.3, -0.25) is 10.1 Å². The van der Waals surface area contributed by atoms with Crippen LogP contribution >= 0.6 is 0 Å². The molecule has 0 unspecified atom stereocenters. The zero-order chi connectivity index (χ0) is 17.1. The molecule has 24 heavy (non-hydrogen) atoms. The lowest BCUT2D eigenvalue weighted by molar-refractivity contribution is -0.115. The number of carbonyl (C=O) groups excluding carboxylic acids is 1. The minimum atomic E-state index is -0.823. The Morgan fingerprint density at radius 1 is 1.12 bits per heavy atom. The SMILES string of the molecule is Cc1ccc(CC(=O)Nc2nnc(-c3ccc(F)cc3F)o2)cc1. The Kier molecular flexibility index (Phi) is 4.33. The van der Waals surface area contributed by atoms with Crippen LogP contribution in [0.2, 0.25) is 0 Å². The van der Waals surface area contributed by atoms with E-state index in [1.807, 2.05) is 31.2 Å². The summed E-state index contributed by atoms with van der Waals surface area (Å²) in [6, 6.07) is 10.4. The zero-order valence-corrected chi connectivity index (χ0v) is 12.7. The van der Waals surface area contributed by atoms with Crippen molar-refractivity contribution in [3.05, 3.63) is 65.2 Å². The van der Waals surface area contributed by atoms with Crippen LogP contribution in [0.1, 0.15) is 11.1 Å².